The first-order chi connectivity index (χ1) is 10.6. The van der Waals surface area contributed by atoms with Gasteiger partial charge in [-0.25, -0.2) is 4.79 Å². The van der Waals surface area contributed by atoms with Crippen molar-refractivity contribution in [1.29, 1.82) is 0 Å². The molecule has 3 aromatic rings. The molecular formula is C18H18N2O2. The van der Waals surface area contributed by atoms with Crippen molar-refractivity contribution in [2.75, 3.05) is 0 Å². The largest absolute Gasteiger partial charge is 0.457 e. The van der Waals surface area contributed by atoms with E-state index in [1.54, 1.807) is 0 Å². The molecule has 0 spiro atoms. The summed E-state index contributed by atoms with van der Waals surface area (Å²) >= 11 is 0. The highest BCUT2D eigenvalue weighted by Gasteiger charge is 2.19. The van der Waals surface area contributed by atoms with Crippen molar-refractivity contribution in [2.45, 2.75) is 20.5 Å². The standard InChI is InChI=1S/C18H18N2O2/c1-12-8-15(19-9-12)17-16(13(2)10-20-17)18(21)22-11-14-6-4-3-5-7-14/h3-10,19-20H,11H2,1-2H3. The number of aryl methyl sites for hydroxylation is 2. The molecule has 2 aromatic heterocycles. The van der Waals surface area contributed by atoms with Gasteiger partial charge in [-0.3, -0.25) is 0 Å². The van der Waals surface area contributed by atoms with Crippen LogP contribution >= 0.6 is 0 Å². The maximum Gasteiger partial charge on any atom is 0.340 e. The van der Waals surface area contributed by atoms with Crippen molar-refractivity contribution in [3.05, 3.63) is 71.0 Å². The van der Waals surface area contributed by atoms with Crippen LogP contribution in [-0.4, -0.2) is 15.9 Å². The summed E-state index contributed by atoms with van der Waals surface area (Å²) in [6.07, 6.45) is 3.73. The van der Waals surface area contributed by atoms with Crippen LogP contribution in [0.4, 0.5) is 0 Å². The molecule has 0 unspecified atom stereocenters. The molecule has 0 aliphatic rings. The molecule has 112 valence electrons. The SMILES string of the molecule is Cc1c[nH]c(-c2[nH]cc(C)c2C(=O)OCc2ccccc2)c1. The van der Waals surface area contributed by atoms with Gasteiger partial charge in [-0.2, -0.15) is 0 Å². The summed E-state index contributed by atoms with van der Waals surface area (Å²) < 4.78 is 5.45. The summed E-state index contributed by atoms with van der Waals surface area (Å²) in [6, 6.07) is 11.7. The number of aromatic amines is 2. The first-order valence-corrected chi connectivity index (χ1v) is 7.19. The lowest BCUT2D eigenvalue weighted by Gasteiger charge is -2.06. The number of benzene rings is 1. The highest BCUT2D eigenvalue weighted by atomic mass is 16.5. The molecule has 4 heteroatoms. The fourth-order valence-corrected chi connectivity index (χ4v) is 2.44. The Morgan fingerprint density at radius 2 is 1.86 bits per heavy atom. The second-order valence-corrected chi connectivity index (χ2v) is 5.37. The molecule has 0 amide bonds. The lowest BCUT2D eigenvalue weighted by Crippen LogP contribution is -2.07. The minimum Gasteiger partial charge on any atom is -0.457 e. The molecule has 2 heterocycles. The summed E-state index contributed by atoms with van der Waals surface area (Å²) in [4.78, 5) is 18.8. The minimum absolute atomic E-state index is 0.271. The second kappa shape index (κ2) is 5.93. The first-order valence-electron chi connectivity index (χ1n) is 7.19. The van der Waals surface area contributed by atoms with E-state index in [-0.39, 0.29) is 12.6 Å². The Hall–Kier alpha value is -2.75. The lowest BCUT2D eigenvalue weighted by atomic mass is 10.1. The highest BCUT2D eigenvalue weighted by molar-refractivity contribution is 5.97. The van der Waals surface area contributed by atoms with Crippen LogP contribution in [0.25, 0.3) is 11.4 Å². The number of carbonyl (C=O) groups is 1. The number of aromatic nitrogens is 2. The molecule has 3 rings (SSSR count). The Labute approximate surface area is 129 Å². The van der Waals surface area contributed by atoms with Crippen LogP contribution in [0.2, 0.25) is 0 Å². The van der Waals surface area contributed by atoms with Gasteiger partial charge in [-0.1, -0.05) is 30.3 Å². The van der Waals surface area contributed by atoms with E-state index in [0.717, 1.165) is 28.1 Å². The van der Waals surface area contributed by atoms with Crippen molar-refractivity contribution < 1.29 is 9.53 Å². The molecule has 1 aromatic carbocycles. The van der Waals surface area contributed by atoms with E-state index in [2.05, 4.69) is 9.97 Å². The Bertz CT molecular complexity index is 785. The van der Waals surface area contributed by atoms with Crippen molar-refractivity contribution in [2.24, 2.45) is 0 Å². The zero-order valence-electron chi connectivity index (χ0n) is 12.6. The van der Waals surface area contributed by atoms with Gasteiger partial charge in [-0.15, -0.1) is 0 Å². The molecule has 0 radical (unpaired) electrons. The number of carbonyl (C=O) groups excluding carboxylic acids is 1. The van der Waals surface area contributed by atoms with E-state index in [1.165, 1.54) is 0 Å². The summed E-state index contributed by atoms with van der Waals surface area (Å²) in [5.74, 6) is -0.315. The predicted octanol–water partition coefficient (Wildman–Crippen LogP) is 3.98. The van der Waals surface area contributed by atoms with E-state index >= 15 is 0 Å². The summed E-state index contributed by atoms with van der Waals surface area (Å²) in [7, 11) is 0. The van der Waals surface area contributed by atoms with Gasteiger partial charge in [0.25, 0.3) is 0 Å². The van der Waals surface area contributed by atoms with E-state index < -0.39 is 0 Å². The summed E-state index contributed by atoms with van der Waals surface area (Å²) in [5.41, 5.74) is 5.20. The molecule has 0 aliphatic carbocycles. The molecular weight excluding hydrogens is 276 g/mol. The second-order valence-electron chi connectivity index (χ2n) is 5.37. The van der Waals surface area contributed by atoms with Crippen molar-refractivity contribution in [3.8, 4) is 11.4 Å². The van der Waals surface area contributed by atoms with Crippen LogP contribution in [-0.2, 0) is 11.3 Å². The summed E-state index contributed by atoms with van der Waals surface area (Å²) in [6.45, 7) is 4.17. The molecule has 0 saturated heterocycles. The van der Waals surface area contributed by atoms with Gasteiger partial charge in [0, 0.05) is 12.4 Å². The van der Waals surface area contributed by atoms with E-state index in [9.17, 15) is 4.79 Å². The van der Waals surface area contributed by atoms with Gasteiger partial charge in [0.15, 0.2) is 0 Å². The van der Waals surface area contributed by atoms with Crippen molar-refractivity contribution in [1.82, 2.24) is 9.97 Å². The Kier molecular flexibility index (Phi) is 3.83. The highest BCUT2D eigenvalue weighted by Crippen LogP contribution is 2.25. The van der Waals surface area contributed by atoms with Gasteiger partial charge >= 0.3 is 5.97 Å². The average molecular weight is 294 g/mol. The monoisotopic (exact) mass is 294 g/mol. The first kappa shape index (κ1) is 14.2. The Morgan fingerprint density at radius 3 is 2.55 bits per heavy atom. The lowest BCUT2D eigenvalue weighted by molar-refractivity contribution is 0.0473. The number of esters is 1. The third-order valence-electron chi connectivity index (χ3n) is 3.59. The van der Waals surface area contributed by atoms with Crippen LogP contribution in [0.5, 0.6) is 0 Å². The average Bonchev–Trinajstić information content (AvgIpc) is 3.12. The van der Waals surface area contributed by atoms with Crippen LogP contribution in [0.1, 0.15) is 27.0 Å². The molecule has 0 aliphatic heterocycles. The fraction of sp³-hybridized carbons (Fsp3) is 0.167. The molecule has 22 heavy (non-hydrogen) atoms. The van der Waals surface area contributed by atoms with Gasteiger partial charge < -0.3 is 14.7 Å². The van der Waals surface area contributed by atoms with E-state index in [1.807, 2.05) is 62.6 Å². The van der Waals surface area contributed by atoms with Crippen LogP contribution in [0.3, 0.4) is 0 Å². The maximum atomic E-state index is 12.4. The number of hydrogen-bond acceptors (Lipinski definition) is 2. The Balaban J connectivity index is 1.82. The third kappa shape index (κ3) is 2.81. The quantitative estimate of drug-likeness (QED) is 0.715. The fourth-order valence-electron chi connectivity index (χ4n) is 2.44. The van der Waals surface area contributed by atoms with Gasteiger partial charge in [0.1, 0.15) is 6.61 Å². The van der Waals surface area contributed by atoms with Gasteiger partial charge in [-0.05, 0) is 36.6 Å². The predicted molar refractivity (Wildman–Crippen MR) is 85.6 cm³/mol. The molecule has 0 atom stereocenters. The van der Waals surface area contributed by atoms with E-state index in [0.29, 0.717) is 5.56 Å². The molecule has 0 fully saturated rings. The van der Waals surface area contributed by atoms with Crippen LogP contribution < -0.4 is 0 Å². The number of nitrogens with one attached hydrogen (secondary N) is 2. The third-order valence-corrected chi connectivity index (χ3v) is 3.59. The molecule has 4 nitrogen and oxygen atoms in total. The molecule has 0 saturated carbocycles. The topological polar surface area (TPSA) is 57.9 Å². The maximum absolute atomic E-state index is 12.4. The molecule has 2 N–H and O–H groups in total. The zero-order chi connectivity index (χ0) is 15.5. The number of rotatable bonds is 4. The van der Waals surface area contributed by atoms with E-state index in [4.69, 9.17) is 4.74 Å². The smallest absolute Gasteiger partial charge is 0.340 e. The van der Waals surface area contributed by atoms with Crippen LogP contribution in [0, 0.1) is 13.8 Å². The molecule has 0 bridgehead atoms. The van der Waals surface area contributed by atoms with Crippen molar-refractivity contribution in [3.63, 3.8) is 0 Å². The normalized spacial score (nSPS) is 10.6. The Morgan fingerprint density at radius 1 is 1.09 bits per heavy atom. The van der Waals surface area contributed by atoms with Crippen LogP contribution in [0.15, 0.2) is 48.8 Å². The number of hydrogen-bond donors (Lipinski definition) is 2. The summed E-state index contributed by atoms with van der Waals surface area (Å²) in [5, 5.41) is 0. The number of ether oxygens (including phenoxy) is 1. The zero-order valence-corrected chi connectivity index (χ0v) is 12.6. The number of H-pyrrole nitrogens is 2. The van der Waals surface area contributed by atoms with Gasteiger partial charge in [0.2, 0.25) is 0 Å². The van der Waals surface area contributed by atoms with Crippen molar-refractivity contribution >= 4 is 5.97 Å². The minimum atomic E-state index is -0.315. The van der Waals surface area contributed by atoms with Gasteiger partial charge in [0.05, 0.1) is 17.0 Å².